The average Bonchev–Trinajstić information content (AvgIpc) is 3.46. The van der Waals surface area contributed by atoms with E-state index >= 15 is 0 Å². The quantitative estimate of drug-likeness (QED) is 0.276. The number of sulfonamides is 1. The van der Waals surface area contributed by atoms with Crippen molar-refractivity contribution < 1.29 is 13.2 Å². The van der Waals surface area contributed by atoms with Gasteiger partial charge in [0.15, 0.2) is 0 Å². The summed E-state index contributed by atoms with van der Waals surface area (Å²) in [6.07, 6.45) is 7.51. The van der Waals surface area contributed by atoms with Crippen LogP contribution in [0.4, 0.5) is 0 Å². The lowest BCUT2D eigenvalue weighted by Crippen LogP contribution is -2.42. The molecule has 1 amide bonds. The molecule has 2 fully saturated rings. The fourth-order valence-corrected chi connectivity index (χ4v) is 10.9. The number of hydrogen-bond donors (Lipinski definition) is 0. The monoisotopic (exact) mass is 739 g/mol. The predicted octanol–water partition coefficient (Wildman–Crippen LogP) is 7.28. The summed E-state index contributed by atoms with van der Waals surface area (Å²) in [6, 6.07) is 9.72. The highest BCUT2D eigenvalue weighted by atomic mass is 79.9. The molecule has 0 bridgehead atoms. The van der Waals surface area contributed by atoms with E-state index in [-0.39, 0.29) is 17.7 Å². The van der Waals surface area contributed by atoms with Gasteiger partial charge in [-0.25, -0.2) is 8.42 Å². The normalized spacial score (nSPS) is 20.9. The Bertz CT molecular complexity index is 1530. The highest BCUT2D eigenvalue weighted by molar-refractivity contribution is 9.10. The van der Waals surface area contributed by atoms with Crippen LogP contribution in [0.25, 0.3) is 0 Å². The van der Waals surface area contributed by atoms with E-state index in [4.69, 9.17) is 16.6 Å². The number of halogens is 3. The van der Waals surface area contributed by atoms with Gasteiger partial charge >= 0.3 is 0 Å². The maximum Gasteiger partial charge on any atom is 0.252 e. The maximum absolute atomic E-state index is 13.4. The van der Waals surface area contributed by atoms with Crippen LogP contribution in [-0.2, 0) is 27.7 Å². The number of carbonyl (C=O) groups excluding carboxylic acids is 1. The number of pyridine rings is 1. The second kappa shape index (κ2) is 12.4. The number of amides is 1. The van der Waals surface area contributed by atoms with Gasteiger partial charge in [-0.2, -0.15) is 4.31 Å². The summed E-state index contributed by atoms with van der Waals surface area (Å²) < 4.78 is 29.7. The van der Waals surface area contributed by atoms with Crippen molar-refractivity contribution in [3.8, 4) is 0 Å². The minimum atomic E-state index is -3.42. The number of benzene rings is 1. The number of likely N-dealkylation sites (tertiary alicyclic amines) is 1. The molecule has 3 aliphatic rings. The number of piperidine rings is 2. The predicted molar refractivity (Wildman–Crippen MR) is 170 cm³/mol. The third-order valence-electron chi connectivity index (χ3n) is 8.91. The third-order valence-corrected chi connectivity index (χ3v) is 13.5. The number of carbonyl (C=O) groups is 1. The van der Waals surface area contributed by atoms with Gasteiger partial charge in [0.25, 0.3) is 10.0 Å². The number of hydrogen-bond acceptors (Lipinski definition) is 5. The first-order valence-electron chi connectivity index (χ1n) is 14.1. The van der Waals surface area contributed by atoms with Gasteiger partial charge in [0, 0.05) is 58.7 Å². The molecule has 3 aromatic rings. The van der Waals surface area contributed by atoms with Crippen LogP contribution >= 0.6 is 54.8 Å². The number of aryl methyl sites for hydroxylation is 2. The van der Waals surface area contributed by atoms with Crippen molar-refractivity contribution in [2.45, 2.75) is 55.1 Å². The molecule has 0 spiro atoms. The fraction of sp³-hybridized carbons (Fsp3) is 0.467. The molecule has 2 aromatic heterocycles. The van der Waals surface area contributed by atoms with Crippen LogP contribution in [0.15, 0.2) is 55.1 Å². The zero-order chi connectivity index (χ0) is 28.7. The summed E-state index contributed by atoms with van der Waals surface area (Å²) in [6.45, 7) is 2.42. The van der Waals surface area contributed by atoms with Crippen molar-refractivity contribution in [3.05, 3.63) is 78.3 Å². The van der Waals surface area contributed by atoms with Gasteiger partial charge in [-0.05, 0) is 113 Å². The van der Waals surface area contributed by atoms with Crippen LogP contribution in [-0.4, -0.2) is 54.7 Å². The number of rotatable bonds is 5. The topological polar surface area (TPSA) is 70.6 Å². The summed E-state index contributed by atoms with van der Waals surface area (Å²) in [7, 11) is -3.42. The molecule has 6 rings (SSSR count). The first-order valence-corrected chi connectivity index (χ1v) is 18.4. The van der Waals surface area contributed by atoms with Crippen molar-refractivity contribution in [2.75, 3.05) is 26.2 Å². The second-order valence-electron chi connectivity index (χ2n) is 11.3. The second-order valence-corrected chi connectivity index (χ2v) is 16.7. The smallest absolute Gasteiger partial charge is 0.252 e. The molecule has 6 nitrogen and oxygen atoms in total. The number of aromatic nitrogens is 1. The fourth-order valence-electron chi connectivity index (χ4n) is 6.78. The summed E-state index contributed by atoms with van der Waals surface area (Å²) in [5, 5.41) is 2.53. The van der Waals surface area contributed by atoms with Crippen LogP contribution in [0.3, 0.4) is 0 Å². The van der Waals surface area contributed by atoms with E-state index in [9.17, 15) is 13.2 Å². The van der Waals surface area contributed by atoms with E-state index in [0.29, 0.717) is 29.6 Å². The zero-order valence-electron chi connectivity index (χ0n) is 22.6. The van der Waals surface area contributed by atoms with Gasteiger partial charge in [0.05, 0.1) is 5.69 Å². The summed E-state index contributed by atoms with van der Waals surface area (Å²) >= 11 is 15.2. The van der Waals surface area contributed by atoms with Gasteiger partial charge < -0.3 is 4.90 Å². The molecule has 4 heterocycles. The minimum absolute atomic E-state index is 0.147. The van der Waals surface area contributed by atoms with Gasteiger partial charge in [-0.15, -0.1) is 11.3 Å². The lowest BCUT2D eigenvalue weighted by Gasteiger charge is -2.38. The Morgan fingerprint density at radius 3 is 2.46 bits per heavy atom. The van der Waals surface area contributed by atoms with Gasteiger partial charge in [-0.3, -0.25) is 9.78 Å². The molecule has 1 aromatic carbocycles. The largest absolute Gasteiger partial charge is 0.343 e. The van der Waals surface area contributed by atoms with E-state index in [1.54, 1.807) is 21.8 Å². The van der Waals surface area contributed by atoms with Gasteiger partial charge in [0.2, 0.25) is 5.91 Å². The Labute approximate surface area is 267 Å². The summed E-state index contributed by atoms with van der Waals surface area (Å²) in [4.78, 5) is 20.3. The molecule has 41 heavy (non-hydrogen) atoms. The minimum Gasteiger partial charge on any atom is -0.343 e. The number of nitrogens with zero attached hydrogens (tertiary/aromatic N) is 3. The molecule has 2 saturated heterocycles. The van der Waals surface area contributed by atoms with E-state index in [2.05, 4.69) is 44.0 Å². The Morgan fingerprint density at radius 1 is 1.02 bits per heavy atom. The number of thiophene rings is 1. The first kappa shape index (κ1) is 29.8. The van der Waals surface area contributed by atoms with Crippen molar-refractivity contribution in [1.29, 1.82) is 0 Å². The Kier molecular flexibility index (Phi) is 8.97. The van der Waals surface area contributed by atoms with Crippen LogP contribution in [0.2, 0.25) is 5.02 Å². The van der Waals surface area contributed by atoms with Crippen molar-refractivity contribution in [2.24, 2.45) is 11.8 Å². The van der Waals surface area contributed by atoms with E-state index in [0.717, 1.165) is 71.3 Å². The van der Waals surface area contributed by atoms with E-state index in [1.807, 2.05) is 17.2 Å². The van der Waals surface area contributed by atoms with Crippen molar-refractivity contribution in [3.63, 3.8) is 0 Å². The molecule has 0 saturated carbocycles. The Balaban J connectivity index is 1.11. The van der Waals surface area contributed by atoms with Crippen LogP contribution in [0, 0.1) is 11.8 Å². The van der Waals surface area contributed by atoms with Gasteiger partial charge in [0.1, 0.15) is 4.21 Å². The van der Waals surface area contributed by atoms with E-state index in [1.165, 1.54) is 28.0 Å². The summed E-state index contributed by atoms with van der Waals surface area (Å²) in [5.41, 5.74) is 4.98. The summed E-state index contributed by atoms with van der Waals surface area (Å²) in [5.74, 6) is 0.930. The van der Waals surface area contributed by atoms with Crippen LogP contribution in [0.1, 0.15) is 60.4 Å². The lowest BCUT2D eigenvalue weighted by atomic mass is 9.76. The molecule has 2 aliphatic heterocycles. The van der Waals surface area contributed by atoms with Gasteiger partial charge in [-0.1, -0.05) is 33.6 Å². The maximum atomic E-state index is 13.4. The average molecular weight is 742 g/mol. The molecule has 0 unspecified atom stereocenters. The Morgan fingerprint density at radius 2 is 1.76 bits per heavy atom. The molecule has 0 radical (unpaired) electrons. The van der Waals surface area contributed by atoms with Crippen molar-refractivity contribution >= 4 is 70.7 Å². The third kappa shape index (κ3) is 6.20. The number of fused-ring (bicyclic) bond motifs is 2. The molecular weight excluding hydrogens is 710 g/mol. The SMILES string of the molecule is O=C(CC1CCN(S(=O)(=O)c2cccs2)CC1)N1CCC([C@H]2c3ncc(Br)cc3CCc3cc(Cl)cc(Br)c32)CC1. The molecule has 0 N–H and O–H groups in total. The van der Waals surface area contributed by atoms with Crippen LogP contribution < -0.4 is 0 Å². The molecule has 218 valence electrons. The standard InChI is InChI=1S/C30H32Br2ClN3O3S2/c31-23-15-22-4-3-21-16-24(33)17-25(32)28(21)29(30(22)34-18-23)20-7-9-35(10-8-20)26(37)14-19-5-11-36(12-6-19)41(38,39)27-2-1-13-40-27/h1-2,13,15-20,29H,3-12,14H2/t29-/m1/s1. The molecular formula is C30H32Br2ClN3O3S2. The Hall–Kier alpha value is -1.30. The molecule has 1 atom stereocenters. The first-order chi connectivity index (χ1) is 19.7. The van der Waals surface area contributed by atoms with E-state index < -0.39 is 10.0 Å². The van der Waals surface area contributed by atoms with Crippen molar-refractivity contribution in [1.82, 2.24) is 14.2 Å². The highest BCUT2D eigenvalue weighted by Gasteiger charge is 2.37. The molecule has 11 heteroatoms. The van der Waals surface area contributed by atoms with Crippen LogP contribution in [0.5, 0.6) is 0 Å². The lowest BCUT2D eigenvalue weighted by molar-refractivity contribution is -0.133. The molecule has 1 aliphatic carbocycles. The highest BCUT2D eigenvalue weighted by Crippen LogP contribution is 2.46. The zero-order valence-corrected chi connectivity index (χ0v) is 28.1.